The average Bonchev–Trinajstić information content (AvgIpc) is 3.15. The Balaban J connectivity index is 1.54. The molecule has 4 rings (SSSR count). The number of aryl methyl sites for hydroxylation is 2. The summed E-state index contributed by atoms with van der Waals surface area (Å²) in [6.45, 7) is 1.64. The predicted molar refractivity (Wildman–Crippen MR) is 123 cm³/mol. The Labute approximate surface area is 190 Å². The lowest BCUT2D eigenvalue weighted by molar-refractivity contribution is -0.123. The maximum Gasteiger partial charge on any atom is 0.263 e. The van der Waals surface area contributed by atoms with Crippen LogP contribution in [0.25, 0.3) is 10.2 Å². The van der Waals surface area contributed by atoms with Crippen LogP contribution in [0.15, 0.2) is 32.8 Å². The lowest BCUT2D eigenvalue weighted by Crippen LogP contribution is -2.34. The summed E-state index contributed by atoms with van der Waals surface area (Å²) in [5.74, 6) is -0.177. The van der Waals surface area contributed by atoms with Gasteiger partial charge in [-0.3, -0.25) is 14.2 Å². The monoisotopic (exact) mass is 504 g/mol. The van der Waals surface area contributed by atoms with Crippen LogP contribution in [0, 0.1) is 0 Å². The number of nitrogens with zero attached hydrogens (tertiary/aromatic N) is 3. The summed E-state index contributed by atoms with van der Waals surface area (Å²) < 4.78 is 6.90. The van der Waals surface area contributed by atoms with Crippen LogP contribution in [0.2, 0.25) is 0 Å². The van der Waals surface area contributed by atoms with Gasteiger partial charge in [0.2, 0.25) is 0 Å². The van der Waals surface area contributed by atoms with Crippen molar-refractivity contribution in [1.82, 2.24) is 15.0 Å². The molecule has 2 aromatic heterocycles. The first-order chi connectivity index (χ1) is 14.9. The third-order valence-electron chi connectivity index (χ3n) is 5.36. The normalized spacial score (nSPS) is 14.5. The van der Waals surface area contributed by atoms with Crippen molar-refractivity contribution in [2.45, 2.75) is 38.6 Å². The lowest BCUT2D eigenvalue weighted by atomic mass is 9.97. The number of phenolic OH excluding ortho intramolecular Hbond substituents is 1. The highest BCUT2D eigenvalue weighted by Crippen LogP contribution is 2.35. The standard InChI is InChI=1S/C21H21BrN4O4S/c1-11(19(28)25-24-9-12-7-14(22)18(27)15(8-12)30-2)26-10-23-20-17(21(26)29)13-5-3-4-6-16(13)31-20/h7-11,27H,3-6H2,1-2H3,(H,25,28). The number of phenols is 1. The number of hydrogen-bond acceptors (Lipinski definition) is 7. The highest BCUT2D eigenvalue weighted by atomic mass is 79.9. The number of thiophene rings is 1. The zero-order valence-electron chi connectivity index (χ0n) is 17.0. The van der Waals surface area contributed by atoms with E-state index in [4.69, 9.17) is 4.74 Å². The maximum absolute atomic E-state index is 13.1. The fourth-order valence-corrected chi connectivity index (χ4v) is 5.33. The summed E-state index contributed by atoms with van der Waals surface area (Å²) in [6, 6.07) is 2.45. The Morgan fingerprint density at radius 1 is 1.42 bits per heavy atom. The van der Waals surface area contributed by atoms with Crippen molar-refractivity contribution in [2.24, 2.45) is 5.10 Å². The van der Waals surface area contributed by atoms with E-state index in [0.717, 1.165) is 36.1 Å². The van der Waals surface area contributed by atoms with E-state index in [-0.39, 0.29) is 17.1 Å². The van der Waals surface area contributed by atoms with Gasteiger partial charge in [-0.05, 0) is 71.8 Å². The third kappa shape index (κ3) is 4.09. The molecule has 31 heavy (non-hydrogen) atoms. The lowest BCUT2D eigenvalue weighted by Gasteiger charge is -2.14. The average molecular weight is 505 g/mol. The number of hydrogen-bond donors (Lipinski definition) is 2. The van der Waals surface area contributed by atoms with Gasteiger partial charge in [0.15, 0.2) is 11.5 Å². The maximum atomic E-state index is 13.1. The van der Waals surface area contributed by atoms with E-state index in [1.807, 2.05) is 0 Å². The van der Waals surface area contributed by atoms with Crippen LogP contribution in [0.3, 0.4) is 0 Å². The van der Waals surface area contributed by atoms with Crippen LogP contribution < -0.4 is 15.7 Å². The van der Waals surface area contributed by atoms with E-state index < -0.39 is 11.9 Å². The van der Waals surface area contributed by atoms with E-state index in [9.17, 15) is 14.7 Å². The Kier molecular flexibility index (Phi) is 6.10. The second-order valence-corrected chi connectivity index (χ2v) is 9.25. The Hall–Kier alpha value is -2.72. The summed E-state index contributed by atoms with van der Waals surface area (Å²) in [5, 5.41) is 14.5. The number of aromatic nitrogens is 2. The number of ether oxygens (including phenoxy) is 1. The molecular weight excluding hydrogens is 484 g/mol. The van der Waals surface area contributed by atoms with Crippen LogP contribution >= 0.6 is 27.3 Å². The molecule has 0 spiro atoms. The SMILES string of the molecule is COc1cc(C=NNC(=O)C(C)n2cnc3sc4c(c3c2=O)CCCC4)cc(Br)c1O. The summed E-state index contributed by atoms with van der Waals surface area (Å²) in [6.07, 6.45) is 6.93. The number of aromatic hydroxyl groups is 1. The van der Waals surface area contributed by atoms with Gasteiger partial charge in [-0.15, -0.1) is 11.3 Å². The smallest absolute Gasteiger partial charge is 0.263 e. The van der Waals surface area contributed by atoms with Gasteiger partial charge in [0, 0.05) is 4.88 Å². The number of rotatable bonds is 5. The fourth-order valence-electron chi connectivity index (χ4n) is 3.65. The van der Waals surface area contributed by atoms with Gasteiger partial charge in [-0.2, -0.15) is 5.10 Å². The molecule has 0 radical (unpaired) electrons. The van der Waals surface area contributed by atoms with Crippen LogP contribution in [-0.2, 0) is 17.6 Å². The minimum Gasteiger partial charge on any atom is -0.503 e. The summed E-state index contributed by atoms with van der Waals surface area (Å²) >= 11 is 4.82. The van der Waals surface area contributed by atoms with Crippen molar-refractivity contribution in [3.8, 4) is 11.5 Å². The van der Waals surface area contributed by atoms with Gasteiger partial charge in [0.1, 0.15) is 10.9 Å². The van der Waals surface area contributed by atoms with Crippen LogP contribution in [0.1, 0.15) is 41.8 Å². The molecule has 1 aromatic carbocycles. The zero-order valence-corrected chi connectivity index (χ0v) is 19.4. The van der Waals surface area contributed by atoms with Crippen LogP contribution in [-0.4, -0.2) is 33.9 Å². The van der Waals surface area contributed by atoms with E-state index in [1.54, 1.807) is 30.4 Å². The fraction of sp³-hybridized carbons (Fsp3) is 0.333. The molecule has 1 atom stereocenters. The van der Waals surface area contributed by atoms with Crippen LogP contribution in [0.5, 0.6) is 11.5 Å². The Bertz CT molecular complexity index is 1250. The number of nitrogens with one attached hydrogen (secondary N) is 1. The third-order valence-corrected chi connectivity index (χ3v) is 7.16. The summed E-state index contributed by atoms with van der Waals surface area (Å²) in [7, 11) is 1.44. The van der Waals surface area contributed by atoms with Gasteiger partial charge in [0.25, 0.3) is 11.5 Å². The van der Waals surface area contributed by atoms with E-state index in [0.29, 0.717) is 15.4 Å². The molecule has 0 fully saturated rings. The second-order valence-electron chi connectivity index (χ2n) is 7.31. The second kappa shape index (κ2) is 8.80. The number of benzene rings is 1. The van der Waals surface area contributed by atoms with E-state index >= 15 is 0 Å². The first kappa shape index (κ1) is 21.5. The molecule has 1 aliphatic rings. The minimum atomic E-state index is -0.776. The molecule has 1 aliphatic carbocycles. The molecule has 3 aromatic rings. The first-order valence-electron chi connectivity index (χ1n) is 9.81. The van der Waals surface area contributed by atoms with Crippen molar-refractivity contribution in [2.75, 3.05) is 7.11 Å². The molecule has 0 saturated heterocycles. The number of methoxy groups -OCH3 is 1. The molecule has 8 nitrogen and oxygen atoms in total. The molecule has 2 N–H and O–H groups in total. The molecule has 1 amide bonds. The predicted octanol–water partition coefficient (Wildman–Crippen LogP) is 3.52. The zero-order chi connectivity index (χ0) is 22.1. The van der Waals surface area contributed by atoms with Crippen molar-refractivity contribution >= 4 is 49.6 Å². The van der Waals surface area contributed by atoms with Gasteiger partial charge < -0.3 is 9.84 Å². The number of amides is 1. The molecule has 0 saturated carbocycles. The highest BCUT2D eigenvalue weighted by Gasteiger charge is 2.23. The molecule has 2 heterocycles. The van der Waals surface area contributed by atoms with E-state index in [2.05, 4.69) is 31.4 Å². The van der Waals surface area contributed by atoms with Gasteiger partial charge in [-0.1, -0.05) is 0 Å². The number of hydrazone groups is 1. The van der Waals surface area contributed by atoms with Gasteiger partial charge >= 0.3 is 0 Å². The molecule has 0 aliphatic heterocycles. The molecule has 162 valence electrons. The van der Waals surface area contributed by atoms with Crippen molar-refractivity contribution in [1.29, 1.82) is 0 Å². The van der Waals surface area contributed by atoms with Gasteiger partial charge in [0.05, 0.1) is 29.5 Å². The minimum absolute atomic E-state index is 0.0183. The number of carbonyl (C=O) groups excluding carboxylic acids is 1. The Morgan fingerprint density at radius 3 is 2.97 bits per heavy atom. The molecule has 1 unspecified atom stereocenters. The number of fused-ring (bicyclic) bond motifs is 3. The Morgan fingerprint density at radius 2 is 2.19 bits per heavy atom. The molecule has 10 heteroatoms. The largest absolute Gasteiger partial charge is 0.503 e. The molecule has 0 bridgehead atoms. The highest BCUT2D eigenvalue weighted by molar-refractivity contribution is 9.10. The van der Waals surface area contributed by atoms with Crippen molar-refractivity contribution in [3.63, 3.8) is 0 Å². The van der Waals surface area contributed by atoms with Crippen molar-refractivity contribution < 1.29 is 14.6 Å². The summed E-state index contributed by atoms with van der Waals surface area (Å²) in [5.41, 5.74) is 3.97. The molecular formula is C21H21BrN4O4S. The summed E-state index contributed by atoms with van der Waals surface area (Å²) in [4.78, 5) is 32.1. The number of carbonyl (C=O) groups is 1. The first-order valence-corrected chi connectivity index (χ1v) is 11.4. The van der Waals surface area contributed by atoms with Crippen molar-refractivity contribution in [3.05, 3.63) is 49.3 Å². The number of halogens is 1. The van der Waals surface area contributed by atoms with Crippen LogP contribution in [0.4, 0.5) is 0 Å². The van der Waals surface area contributed by atoms with E-state index in [1.165, 1.54) is 29.1 Å². The quantitative estimate of drug-likeness (QED) is 0.408. The topological polar surface area (TPSA) is 106 Å². The van der Waals surface area contributed by atoms with Gasteiger partial charge in [-0.25, -0.2) is 10.4 Å².